The van der Waals surface area contributed by atoms with Crippen molar-refractivity contribution >= 4 is 5.95 Å². The number of ether oxygens (including phenoxy) is 1. The Labute approximate surface area is 128 Å². The van der Waals surface area contributed by atoms with E-state index in [-0.39, 0.29) is 5.54 Å². The van der Waals surface area contributed by atoms with E-state index in [1.165, 1.54) is 12.8 Å². The quantitative estimate of drug-likeness (QED) is 0.903. The first-order valence-electron chi connectivity index (χ1n) is 7.94. The van der Waals surface area contributed by atoms with E-state index in [1.807, 2.05) is 13.0 Å². The van der Waals surface area contributed by atoms with E-state index < -0.39 is 0 Å². The van der Waals surface area contributed by atoms with E-state index in [0.29, 0.717) is 12.5 Å². The van der Waals surface area contributed by atoms with Crippen molar-refractivity contribution in [3.05, 3.63) is 12.3 Å². The maximum atomic E-state index is 5.45. The van der Waals surface area contributed by atoms with Crippen LogP contribution in [0.3, 0.4) is 0 Å². The third-order valence-electron chi connectivity index (χ3n) is 3.73. The maximum Gasteiger partial charge on any atom is 0.228 e. The number of rotatable bonds is 5. The van der Waals surface area contributed by atoms with Crippen molar-refractivity contribution in [1.82, 2.24) is 15.3 Å². The zero-order valence-corrected chi connectivity index (χ0v) is 13.7. The smallest absolute Gasteiger partial charge is 0.228 e. The summed E-state index contributed by atoms with van der Waals surface area (Å²) in [5.74, 6) is 2.21. The lowest BCUT2D eigenvalue weighted by molar-refractivity contribution is 0.320. The van der Waals surface area contributed by atoms with Crippen LogP contribution in [0.25, 0.3) is 0 Å². The average Bonchev–Trinajstić information content (AvgIpc) is 2.46. The highest BCUT2D eigenvalue weighted by atomic mass is 16.5. The van der Waals surface area contributed by atoms with Gasteiger partial charge in [0, 0.05) is 30.9 Å². The summed E-state index contributed by atoms with van der Waals surface area (Å²) in [6.07, 6.45) is 4.15. The zero-order chi connectivity index (χ0) is 15.3. The Hall–Kier alpha value is -1.36. The lowest BCUT2D eigenvalue weighted by Gasteiger charge is -2.33. The van der Waals surface area contributed by atoms with Gasteiger partial charge >= 0.3 is 0 Å². The van der Waals surface area contributed by atoms with Gasteiger partial charge in [0.2, 0.25) is 11.8 Å². The van der Waals surface area contributed by atoms with Gasteiger partial charge in [0.25, 0.3) is 0 Å². The summed E-state index contributed by atoms with van der Waals surface area (Å²) >= 11 is 0. The Morgan fingerprint density at radius 3 is 2.67 bits per heavy atom. The molecule has 0 aromatic carbocycles. The predicted octanol–water partition coefficient (Wildman–Crippen LogP) is 2.48. The van der Waals surface area contributed by atoms with Gasteiger partial charge in [-0.25, -0.2) is 4.98 Å². The lowest BCUT2D eigenvalue weighted by atomic mass is 9.95. The topological polar surface area (TPSA) is 50.3 Å². The van der Waals surface area contributed by atoms with Crippen LogP contribution in [0.2, 0.25) is 0 Å². The normalized spacial score (nSPS) is 17.0. The second-order valence-corrected chi connectivity index (χ2v) is 6.69. The fraction of sp³-hybridized carbons (Fsp3) is 0.750. The summed E-state index contributed by atoms with van der Waals surface area (Å²) in [6, 6.07) is 1.81. The molecular formula is C16H28N4O. The molecule has 2 heterocycles. The van der Waals surface area contributed by atoms with Crippen molar-refractivity contribution < 1.29 is 4.74 Å². The Balaban J connectivity index is 1.84. The van der Waals surface area contributed by atoms with Crippen LogP contribution in [0.15, 0.2) is 12.3 Å². The molecule has 1 aliphatic rings. The molecule has 0 radical (unpaired) electrons. The fourth-order valence-electron chi connectivity index (χ4n) is 2.50. The summed E-state index contributed by atoms with van der Waals surface area (Å²) in [5.41, 5.74) is 0.200. The molecular weight excluding hydrogens is 264 g/mol. The molecule has 0 unspecified atom stereocenters. The number of piperidine rings is 1. The highest BCUT2D eigenvalue weighted by Gasteiger charge is 2.22. The van der Waals surface area contributed by atoms with Gasteiger partial charge in [0.05, 0.1) is 6.61 Å². The summed E-state index contributed by atoms with van der Waals surface area (Å²) in [4.78, 5) is 11.1. The first kappa shape index (κ1) is 16.0. The number of hydrogen-bond donors (Lipinski definition) is 1. The van der Waals surface area contributed by atoms with Gasteiger partial charge in [-0.2, -0.15) is 4.98 Å². The van der Waals surface area contributed by atoms with Gasteiger partial charge in [-0.3, -0.25) is 0 Å². The minimum atomic E-state index is 0.200. The molecule has 0 spiro atoms. The molecule has 0 atom stereocenters. The SMILES string of the molecule is CCOc1ccnc(N2CCC(CNC(C)(C)C)CC2)n1. The molecule has 1 N–H and O–H groups in total. The molecule has 1 aliphatic heterocycles. The van der Waals surface area contributed by atoms with E-state index in [1.54, 1.807) is 6.20 Å². The van der Waals surface area contributed by atoms with Crippen LogP contribution in [0, 0.1) is 5.92 Å². The summed E-state index contributed by atoms with van der Waals surface area (Å²) in [5, 5.41) is 3.60. The number of nitrogens with zero attached hydrogens (tertiary/aromatic N) is 3. The second kappa shape index (κ2) is 7.07. The number of anilines is 1. The fourth-order valence-corrected chi connectivity index (χ4v) is 2.50. The second-order valence-electron chi connectivity index (χ2n) is 6.69. The van der Waals surface area contributed by atoms with Gasteiger partial charge in [-0.15, -0.1) is 0 Å². The molecule has 0 amide bonds. The molecule has 0 bridgehead atoms. The molecule has 1 saturated heterocycles. The van der Waals surface area contributed by atoms with E-state index in [0.717, 1.165) is 31.5 Å². The molecule has 118 valence electrons. The van der Waals surface area contributed by atoms with Gasteiger partial charge in [-0.1, -0.05) is 0 Å². The van der Waals surface area contributed by atoms with Crippen LogP contribution < -0.4 is 15.0 Å². The van der Waals surface area contributed by atoms with E-state index >= 15 is 0 Å². The van der Waals surface area contributed by atoms with Crippen molar-refractivity contribution in [2.75, 3.05) is 31.1 Å². The van der Waals surface area contributed by atoms with Crippen molar-refractivity contribution in [3.63, 3.8) is 0 Å². The van der Waals surface area contributed by atoms with Crippen LogP contribution in [0.4, 0.5) is 5.95 Å². The van der Waals surface area contributed by atoms with Crippen LogP contribution in [-0.2, 0) is 0 Å². The van der Waals surface area contributed by atoms with E-state index in [4.69, 9.17) is 4.74 Å². The minimum absolute atomic E-state index is 0.200. The van der Waals surface area contributed by atoms with Gasteiger partial charge in [0.15, 0.2) is 0 Å². The highest BCUT2D eigenvalue weighted by molar-refractivity contribution is 5.32. The first-order valence-corrected chi connectivity index (χ1v) is 7.94. The Morgan fingerprint density at radius 1 is 1.33 bits per heavy atom. The molecule has 1 fully saturated rings. The van der Waals surface area contributed by atoms with E-state index in [2.05, 4.69) is 41.0 Å². The van der Waals surface area contributed by atoms with Crippen LogP contribution in [0.5, 0.6) is 5.88 Å². The van der Waals surface area contributed by atoms with Crippen molar-refractivity contribution in [3.8, 4) is 5.88 Å². The molecule has 0 saturated carbocycles. The van der Waals surface area contributed by atoms with Gasteiger partial charge in [-0.05, 0) is 53.0 Å². The maximum absolute atomic E-state index is 5.45. The Morgan fingerprint density at radius 2 is 2.05 bits per heavy atom. The standard InChI is InChI=1S/C16H28N4O/c1-5-21-14-6-9-17-15(19-14)20-10-7-13(8-11-20)12-18-16(2,3)4/h6,9,13,18H,5,7-8,10-12H2,1-4H3. The molecule has 21 heavy (non-hydrogen) atoms. The summed E-state index contributed by atoms with van der Waals surface area (Å²) in [7, 11) is 0. The van der Waals surface area contributed by atoms with Crippen molar-refractivity contribution in [2.24, 2.45) is 5.92 Å². The van der Waals surface area contributed by atoms with E-state index in [9.17, 15) is 0 Å². The Bertz CT molecular complexity index is 436. The number of hydrogen-bond acceptors (Lipinski definition) is 5. The van der Waals surface area contributed by atoms with Crippen LogP contribution in [-0.4, -0.2) is 41.7 Å². The van der Waals surface area contributed by atoms with Crippen molar-refractivity contribution in [1.29, 1.82) is 0 Å². The molecule has 5 heteroatoms. The number of nitrogens with one attached hydrogen (secondary N) is 1. The van der Waals surface area contributed by atoms with Crippen molar-refractivity contribution in [2.45, 2.75) is 46.1 Å². The molecule has 5 nitrogen and oxygen atoms in total. The highest BCUT2D eigenvalue weighted by Crippen LogP contribution is 2.21. The van der Waals surface area contributed by atoms with Crippen LogP contribution in [0.1, 0.15) is 40.5 Å². The lowest BCUT2D eigenvalue weighted by Crippen LogP contribution is -2.43. The largest absolute Gasteiger partial charge is 0.478 e. The summed E-state index contributed by atoms with van der Waals surface area (Å²) < 4.78 is 5.45. The average molecular weight is 292 g/mol. The Kier molecular flexibility index (Phi) is 5.39. The van der Waals surface area contributed by atoms with Crippen LogP contribution >= 0.6 is 0 Å². The van der Waals surface area contributed by atoms with Gasteiger partial charge in [0.1, 0.15) is 0 Å². The minimum Gasteiger partial charge on any atom is -0.478 e. The first-order chi connectivity index (χ1) is 9.98. The zero-order valence-electron chi connectivity index (χ0n) is 13.7. The monoisotopic (exact) mass is 292 g/mol. The molecule has 1 aromatic heterocycles. The molecule has 2 rings (SSSR count). The third kappa shape index (κ3) is 5.16. The molecule has 0 aliphatic carbocycles. The summed E-state index contributed by atoms with van der Waals surface area (Å²) in [6.45, 7) is 12.4. The third-order valence-corrected chi connectivity index (χ3v) is 3.73. The molecule has 1 aromatic rings. The van der Waals surface area contributed by atoms with Gasteiger partial charge < -0.3 is 15.0 Å². The predicted molar refractivity (Wildman–Crippen MR) is 85.9 cm³/mol. The number of aromatic nitrogens is 2.